The molecular formula is C15H11ClN2O3. The summed E-state index contributed by atoms with van der Waals surface area (Å²) in [5, 5.41) is 3.13. The lowest BCUT2D eigenvalue weighted by Gasteiger charge is -2.18. The van der Waals surface area contributed by atoms with E-state index in [9.17, 15) is 9.59 Å². The van der Waals surface area contributed by atoms with Gasteiger partial charge in [0.25, 0.3) is 5.91 Å². The minimum absolute atomic E-state index is 0.0234. The molecule has 0 unspecified atom stereocenters. The zero-order chi connectivity index (χ0) is 15.0. The number of nitrogens with one attached hydrogen (secondary N) is 1. The molecular weight excluding hydrogens is 292 g/mol. The summed E-state index contributed by atoms with van der Waals surface area (Å²) in [4.78, 5) is 23.8. The number of hydrogen-bond donors (Lipinski definition) is 2. The molecule has 5 nitrogen and oxygen atoms in total. The number of rotatable bonds is 2. The summed E-state index contributed by atoms with van der Waals surface area (Å²) in [6, 6.07) is 9.56. The first-order chi connectivity index (χ1) is 10.0. The first-order valence-electron chi connectivity index (χ1n) is 6.21. The second-order valence-electron chi connectivity index (χ2n) is 4.61. The Kier molecular flexibility index (Phi) is 3.27. The highest BCUT2D eigenvalue weighted by molar-refractivity contribution is 6.31. The minimum Gasteiger partial charge on any atom is -0.482 e. The molecule has 2 aromatic rings. The maximum atomic E-state index is 12.5. The molecule has 106 valence electrons. The third-order valence-corrected chi connectivity index (χ3v) is 3.37. The summed E-state index contributed by atoms with van der Waals surface area (Å²) in [5.74, 6) is 0.0418. The summed E-state index contributed by atoms with van der Waals surface area (Å²) in [7, 11) is 0. The van der Waals surface area contributed by atoms with Gasteiger partial charge in [-0.05, 0) is 36.4 Å². The van der Waals surface area contributed by atoms with Crippen LogP contribution in [0.3, 0.4) is 0 Å². The molecule has 0 saturated heterocycles. The minimum atomic E-state index is -0.252. The van der Waals surface area contributed by atoms with E-state index < -0.39 is 0 Å². The number of fused-ring (bicyclic) bond motifs is 1. The maximum absolute atomic E-state index is 12.5. The van der Waals surface area contributed by atoms with E-state index in [-0.39, 0.29) is 18.3 Å². The number of carbonyl (C=O) groups excluding carboxylic acids is 2. The van der Waals surface area contributed by atoms with Crippen LogP contribution in [0.5, 0.6) is 5.75 Å². The number of halogens is 1. The van der Waals surface area contributed by atoms with Crippen LogP contribution in [-0.4, -0.2) is 18.3 Å². The highest BCUT2D eigenvalue weighted by Gasteiger charge is 2.19. The molecule has 3 N–H and O–H groups in total. The van der Waals surface area contributed by atoms with Gasteiger partial charge in [0.15, 0.2) is 12.4 Å². The van der Waals surface area contributed by atoms with E-state index in [0.717, 1.165) is 0 Å². The van der Waals surface area contributed by atoms with Crippen LogP contribution in [0.25, 0.3) is 0 Å². The van der Waals surface area contributed by atoms with E-state index in [1.807, 2.05) is 0 Å². The molecule has 3 rings (SSSR count). The maximum Gasteiger partial charge on any atom is 0.262 e. The fraction of sp³-hybridized carbons (Fsp3) is 0.0667. The standard InChI is InChI=1S/C15H11ClN2O3/c16-9-2-3-10(11(17)6-9)15(20)8-1-4-13-12(5-8)18-14(19)7-21-13/h1-6H,7,17H2,(H,18,19). The van der Waals surface area contributed by atoms with Crippen LogP contribution >= 0.6 is 11.6 Å². The predicted octanol–water partition coefficient (Wildman–Crippen LogP) is 2.48. The van der Waals surface area contributed by atoms with Gasteiger partial charge in [-0.3, -0.25) is 9.59 Å². The van der Waals surface area contributed by atoms with E-state index in [0.29, 0.717) is 33.3 Å². The number of ether oxygens (including phenoxy) is 1. The van der Waals surface area contributed by atoms with Crippen LogP contribution in [0.1, 0.15) is 15.9 Å². The Bertz CT molecular complexity index is 759. The monoisotopic (exact) mass is 302 g/mol. The third kappa shape index (κ3) is 2.55. The van der Waals surface area contributed by atoms with Crippen LogP contribution in [0.2, 0.25) is 5.02 Å². The van der Waals surface area contributed by atoms with Crippen molar-refractivity contribution >= 4 is 34.7 Å². The first-order valence-corrected chi connectivity index (χ1v) is 6.59. The van der Waals surface area contributed by atoms with Gasteiger partial charge in [-0.2, -0.15) is 0 Å². The zero-order valence-corrected chi connectivity index (χ0v) is 11.6. The number of anilines is 2. The summed E-state index contributed by atoms with van der Waals surface area (Å²) in [6.45, 7) is -0.0234. The van der Waals surface area contributed by atoms with Gasteiger partial charge in [0.1, 0.15) is 5.75 Å². The third-order valence-electron chi connectivity index (χ3n) is 3.13. The predicted molar refractivity (Wildman–Crippen MR) is 79.9 cm³/mol. The topological polar surface area (TPSA) is 81.4 Å². The van der Waals surface area contributed by atoms with Crippen LogP contribution < -0.4 is 15.8 Å². The van der Waals surface area contributed by atoms with Crippen molar-refractivity contribution in [2.75, 3.05) is 17.7 Å². The summed E-state index contributed by atoms with van der Waals surface area (Å²) in [5.41, 5.74) is 7.38. The van der Waals surface area contributed by atoms with Crippen LogP contribution in [0.4, 0.5) is 11.4 Å². The number of nitrogens with two attached hydrogens (primary N) is 1. The van der Waals surface area contributed by atoms with E-state index >= 15 is 0 Å². The quantitative estimate of drug-likeness (QED) is 0.659. The number of nitrogen functional groups attached to an aromatic ring is 1. The molecule has 0 radical (unpaired) electrons. The molecule has 1 amide bonds. The Morgan fingerprint density at radius 2 is 2.05 bits per heavy atom. The highest BCUT2D eigenvalue weighted by Crippen LogP contribution is 2.30. The molecule has 2 aromatic carbocycles. The van der Waals surface area contributed by atoms with Crippen molar-refractivity contribution < 1.29 is 14.3 Å². The van der Waals surface area contributed by atoms with Crippen molar-refractivity contribution in [2.24, 2.45) is 0 Å². The summed E-state index contributed by atoms with van der Waals surface area (Å²) in [6.07, 6.45) is 0. The van der Waals surface area contributed by atoms with Crippen molar-refractivity contribution in [2.45, 2.75) is 0 Å². The van der Waals surface area contributed by atoms with Gasteiger partial charge in [0, 0.05) is 21.8 Å². The normalized spacial score (nSPS) is 13.1. The van der Waals surface area contributed by atoms with E-state index in [2.05, 4.69) is 5.32 Å². The molecule has 21 heavy (non-hydrogen) atoms. The van der Waals surface area contributed by atoms with Gasteiger partial charge in [-0.25, -0.2) is 0 Å². The molecule has 0 atom stereocenters. The lowest BCUT2D eigenvalue weighted by atomic mass is 10.0. The van der Waals surface area contributed by atoms with Crippen molar-refractivity contribution in [3.8, 4) is 5.75 Å². The van der Waals surface area contributed by atoms with Crippen LogP contribution in [0, 0.1) is 0 Å². The Morgan fingerprint density at radius 1 is 1.24 bits per heavy atom. The second-order valence-corrected chi connectivity index (χ2v) is 5.04. The molecule has 1 aliphatic rings. The number of amides is 1. The largest absolute Gasteiger partial charge is 0.482 e. The molecule has 0 bridgehead atoms. The molecule has 0 fully saturated rings. The van der Waals surface area contributed by atoms with Crippen LogP contribution in [-0.2, 0) is 4.79 Å². The van der Waals surface area contributed by atoms with E-state index in [1.54, 1.807) is 30.3 Å². The molecule has 0 saturated carbocycles. The Morgan fingerprint density at radius 3 is 2.81 bits per heavy atom. The fourth-order valence-electron chi connectivity index (χ4n) is 2.12. The van der Waals surface area contributed by atoms with Gasteiger partial charge in [0.2, 0.25) is 0 Å². The van der Waals surface area contributed by atoms with Gasteiger partial charge >= 0.3 is 0 Å². The number of benzene rings is 2. The van der Waals surface area contributed by atoms with Crippen LogP contribution in [0.15, 0.2) is 36.4 Å². The second kappa shape index (κ2) is 5.10. The Hall–Kier alpha value is -2.53. The molecule has 0 aromatic heterocycles. The molecule has 1 heterocycles. The van der Waals surface area contributed by atoms with Crippen molar-refractivity contribution in [3.05, 3.63) is 52.5 Å². The summed E-state index contributed by atoms with van der Waals surface area (Å²) >= 11 is 5.82. The lowest BCUT2D eigenvalue weighted by molar-refractivity contribution is -0.118. The summed E-state index contributed by atoms with van der Waals surface area (Å²) < 4.78 is 5.25. The number of carbonyl (C=O) groups is 2. The smallest absolute Gasteiger partial charge is 0.262 e. The number of ketones is 1. The van der Waals surface area contributed by atoms with Gasteiger partial charge in [0.05, 0.1) is 5.69 Å². The van der Waals surface area contributed by atoms with Gasteiger partial charge in [-0.1, -0.05) is 11.6 Å². The van der Waals surface area contributed by atoms with Gasteiger partial charge in [-0.15, -0.1) is 0 Å². The van der Waals surface area contributed by atoms with E-state index in [1.165, 1.54) is 6.07 Å². The Labute approximate surface area is 125 Å². The van der Waals surface area contributed by atoms with E-state index in [4.69, 9.17) is 22.1 Å². The molecule has 0 aliphatic carbocycles. The molecule has 6 heteroatoms. The highest BCUT2D eigenvalue weighted by atomic mass is 35.5. The van der Waals surface area contributed by atoms with Gasteiger partial charge < -0.3 is 15.8 Å². The average molecular weight is 303 g/mol. The first kappa shape index (κ1) is 13.5. The zero-order valence-electron chi connectivity index (χ0n) is 10.9. The SMILES string of the molecule is Nc1cc(Cl)ccc1C(=O)c1ccc2c(c1)NC(=O)CO2. The molecule has 0 spiro atoms. The van der Waals surface area contributed by atoms with Crippen molar-refractivity contribution in [3.63, 3.8) is 0 Å². The fourth-order valence-corrected chi connectivity index (χ4v) is 2.30. The average Bonchev–Trinajstić information content (AvgIpc) is 2.46. The van der Waals surface area contributed by atoms with Crippen molar-refractivity contribution in [1.29, 1.82) is 0 Å². The molecule has 1 aliphatic heterocycles. The Balaban J connectivity index is 1.98. The van der Waals surface area contributed by atoms with Crippen molar-refractivity contribution in [1.82, 2.24) is 0 Å². The number of hydrogen-bond acceptors (Lipinski definition) is 4. The lowest BCUT2D eigenvalue weighted by Crippen LogP contribution is -2.25.